The van der Waals surface area contributed by atoms with E-state index in [0.29, 0.717) is 43.9 Å². The number of alkyl halides is 3. The molecule has 0 radical (unpaired) electrons. The average molecular weight is 433 g/mol. The minimum atomic E-state index is -4.40. The van der Waals surface area contributed by atoms with E-state index in [2.05, 4.69) is 10.3 Å². The van der Waals surface area contributed by atoms with Crippen molar-refractivity contribution in [2.75, 3.05) is 23.3 Å². The van der Waals surface area contributed by atoms with Crippen LogP contribution in [-0.2, 0) is 22.2 Å². The van der Waals surface area contributed by atoms with Crippen LogP contribution in [0.3, 0.4) is 0 Å². The molecule has 3 heterocycles. The molecule has 5 nitrogen and oxygen atoms in total. The van der Waals surface area contributed by atoms with Gasteiger partial charge in [-0.25, -0.2) is 4.98 Å². The zero-order valence-corrected chi connectivity index (χ0v) is 16.6. The molecular formula is C21H18F3N3O2S. The fourth-order valence-corrected chi connectivity index (χ4v) is 4.39. The molecule has 2 aliphatic rings. The molecule has 2 aliphatic heterocycles. The van der Waals surface area contributed by atoms with Crippen LogP contribution < -0.4 is 10.2 Å². The van der Waals surface area contributed by atoms with Crippen LogP contribution in [0.25, 0.3) is 0 Å². The highest BCUT2D eigenvalue weighted by molar-refractivity contribution is 8.14. The number of aromatic nitrogens is 1. The molecule has 0 saturated carbocycles. The largest absolute Gasteiger partial charge is 0.417 e. The fraction of sp³-hybridized carbons (Fsp3) is 0.286. The van der Waals surface area contributed by atoms with Crippen molar-refractivity contribution in [2.45, 2.75) is 30.3 Å². The fourth-order valence-electron chi connectivity index (χ4n) is 3.46. The molecule has 9 heteroatoms. The Bertz CT molecular complexity index is 1010. The molecule has 2 aromatic rings. The minimum Gasteiger partial charge on any atom is -0.356 e. The number of thioether (sulfide) groups is 1. The second kappa shape index (κ2) is 8.14. The van der Waals surface area contributed by atoms with Gasteiger partial charge >= 0.3 is 6.18 Å². The zero-order chi connectivity index (χ0) is 21.3. The van der Waals surface area contributed by atoms with E-state index in [4.69, 9.17) is 0 Å². The Kier molecular flexibility index (Phi) is 5.55. The van der Waals surface area contributed by atoms with Crippen molar-refractivity contribution in [1.82, 2.24) is 4.98 Å². The standard InChI is InChI=1S/C21H18F3N3O2S/c22-21(23,24)15-2-4-18(25-12-15)27-7-5-13(6-8-27)9-19(28)26-16-3-1-14-10-20(29)30-17(14)11-16/h1-4,9,11-12H,5-8,10H2,(H,26,28). The van der Waals surface area contributed by atoms with Crippen molar-refractivity contribution in [3.63, 3.8) is 0 Å². The molecular weight excluding hydrogens is 415 g/mol. The number of pyridine rings is 1. The first kappa shape index (κ1) is 20.5. The summed E-state index contributed by atoms with van der Waals surface area (Å²) in [5.74, 6) is 0.261. The summed E-state index contributed by atoms with van der Waals surface area (Å²) in [6, 6.07) is 7.85. The third-order valence-corrected chi connectivity index (χ3v) is 6.01. The number of piperidine rings is 1. The van der Waals surface area contributed by atoms with Gasteiger partial charge in [0.1, 0.15) is 5.82 Å². The number of nitrogens with zero attached hydrogens (tertiary/aromatic N) is 2. The Labute approximate surface area is 175 Å². The number of halogens is 3. The summed E-state index contributed by atoms with van der Waals surface area (Å²) in [7, 11) is 0. The van der Waals surface area contributed by atoms with Gasteiger partial charge in [0.15, 0.2) is 5.12 Å². The van der Waals surface area contributed by atoms with Crippen LogP contribution in [0.4, 0.5) is 24.7 Å². The second-order valence-electron chi connectivity index (χ2n) is 7.16. The van der Waals surface area contributed by atoms with Crippen molar-refractivity contribution in [3.05, 3.63) is 59.3 Å². The predicted molar refractivity (Wildman–Crippen MR) is 108 cm³/mol. The highest BCUT2D eigenvalue weighted by Gasteiger charge is 2.31. The number of anilines is 2. The van der Waals surface area contributed by atoms with E-state index >= 15 is 0 Å². The van der Waals surface area contributed by atoms with Crippen molar-refractivity contribution < 1.29 is 22.8 Å². The van der Waals surface area contributed by atoms with Gasteiger partial charge in [-0.1, -0.05) is 23.4 Å². The normalized spacial score (nSPS) is 16.4. The number of fused-ring (bicyclic) bond motifs is 1. The Morgan fingerprint density at radius 1 is 1.17 bits per heavy atom. The number of carbonyl (C=O) groups is 2. The van der Waals surface area contributed by atoms with Gasteiger partial charge in [-0.05, 0) is 42.7 Å². The van der Waals surface area contributed by atoms with E-state index in [9.17, 15) is 22.8 Å². The maximum atomic E-state index is 12.7. The smallest absolute Gasteiger partial charge is 0.356 e. The van der Waals surface area contributed by atoms with E-state index in [1.54, 1.807) is 18.2 Å². The number of hydrogen-bond donors (Lipinski definition) is 1. The summed E-state index contributed by atoms with van der Waals surface area (Å²) >= 11 is 1.19. The number of hydrogen-bond acceptors (Lipinski definition) is 5. The lowest BCUT2D eigenvalue weighted by Gasteiger charge is -2.29. The third kappa shape index (κ3) is 4.67. The Balaban J connectivity index is 1.33. The van der Waals surface area contributed by atoms with E-state index in [0.717, 1.165) is 28.3 Å². The molecule has 0 spiro atoms. The summed E-state index contributed by atoms with van der Waals surface area (Å²) in [5.41, 5.74) is 1.83. The van der Waals surface area contributed by atoms with Gasteiger partial charge in [0, 0.05) is 42.4 Å². The van der Waals surface area contributed by atoms with Crippen LogP contribution in [0.1, 0.15) is 24.0 Å². The Morgan fingerprint density at radius 2 is 1.93 bits per heavy atom. The lowest BCUT2D eigenvalue weighted by Crippen LogP contribution is -2.31. The molecule has 1 saturated heterocycles. The van der Waals surface area contributed by atoms with Crippen LogP contribution >= 0.6 is 11.8 Å². The maximum absolute atomic E-state index is 12.7. The predicted octanol–water partition coefficient (Wildman–Crippen LogP) is 4.44. The van der Waals surface area contributed by atoms with Crippen LogP contribution in [0, 0.1) is 0 Å². The van der Waals surface area contributed by atoms with E-state index in [1.807, 2.05) is 11.0 Å². The summed E-state index contributed by atoms with van der Waals surface area (Å²) in [5, 5.41) is 2.93. The molecule has 0 bridgehead atoms. The van der Waals surface area contributed by atoms with Crippen molar-refractivity contribution in [3.8, 4) is 0 Å². The van der Waals surface area contributed by atoms with Crippen molar-refractivity contribution >= 4 is 34.3 Å². The molecule has 156 valence electrons. The molecule has 1 fully saturated rings. The molecule has 0 unspecified atom stereocenters. The zero-order valence-electron chi connectivity index (χ0n) is 15.8. The van der Waals surface area contributed by atoms with Gasteiger partial charge in [0.05, 0.1) is 5.56 Å². The number of carbonyl (C=O) groups excluding carboxylic acids is 2. The summed E-state index contributed by atoms with van der Waals surface area (Å²) in [4.78, 5) is 30.5. The lowest BCUT2D eigenvalue weighted by molar-refractivity contribution is -0.137. The maximum Gasteiger partial charge on any atom is 0.417 e. The Morgan fingerprint density at radius 3 is 2.60 bits per heavy atom. The minimum absolute atomic E-state index is 0.102. The lowest BCUT2D eigenvalue weighted by atomic mass is 10.0. The monoisotopic (exact) mass is 433 g/mol. The van der Waals surface area contributed by atoms with Gasteiger partial charge in [-0.2, -0.15) is 13.2 Å². The van der Waals surface area contributed by atoms with Crippen LogP contribution in [0.2, 0.25) is 0 Å². The molecule has 0 aliphatic carbocycles. The van der Waals surface area contributed by atoms with Crippen LogP contribution in [-0.4, -0.2) is 29.1 Å². The van der Waals surface area contributed by atoms with Crippen LogP contribution in [0.5, 0.6) is 0 Å². The third-order valence-electron chi connectivity index (χ3n) is 5.03. The van der Waals surface area contributed by atoms with E-state index < -0.39 is 11.7 Å². The number of amides is 1. The first-order valence-electron chi connectivity index (χ1n) is 9.40. The summed E-state index contributed by atoms with van der Waals surface area (Å²) in [6.45, 7) is 1.16. The molecule has 1 aromatic heterocycles. The van der Waals surface area contributed by atoms with Crippen molar-refractivity contribution in [2.24, 2.45) is 0 Å². The van der Waals surface area contributed by atoms with Gasteiger partial charge in [-0.15, -0.1) is 0 Å². The van der Waals surface area contributed by atoms with Gasteiger partial charge in [-0.3, -0.25) is 9.59 Å². The first-order chi connectivity index (χ1) is 14.3. The summed E-state index contributed by atoms with van der Waals surface area (Å²) in [6.07, 6.45) is -0.304. The highest BCUT2D eigenvalue weighted by atomic mass is 32.2. The first-order valence-corrected chi connectivity index (χ1v) is 10.2. The Hall–Kier alpha value is -2.81. The molecule has 1 N–H and O–H groups in total. The van der Waals surface area contributed by atoms with Crippen molar-refractivity contribution in [1.29, 1.82) is 0 Å². The number of benzene rings is 1. The molecule has 1 aromatic carbocycles. The topological polar surface area (TPSA) is 62.3 Å². The number of rotatable bonds is 3. The van der Waals surface area contributed by atoms with E-state index in [-0.39, 0.29) is 11.0 Å². The van der Waals surface area contributed by atoms with Gasteiger partial charge in [0.2, 0.25) is 5.91 Å². The second-order valence-corrected chi connectivity index (χ2v) is 8.25. The number of nitrogens with one attached hydrogen (secondary N) is 1. The van der Waals surface area contributed by atoms with E-state index in [1.165, 1.54) is 17.8 Å². The van der Waals surface area contributed by atoms with Gasteiger partial charge in [0.25, 0.3) is 0 Å². The van der Waals surface area contributed by atoms with Gasteiger partial charge < -0.3 is 10.2 Å². The molecule has 4 rings (SSSR count). The molecule has 1 amide bonds. The molecule has 0 atom stereocenters. The SMILES string of the molecule is O=C(C=C1CCN(c2ccc(C(F)(F)F)cn2)CC1)Nc1ccc2c(c1)SC(=O)C2. The summed E-state index contributed by atoms with van der Waals surface area (Å²) < 4.78 is 38.0. The average Bonchev–Trinajstić information content (AvgIpc) is 3.07. The quantitative estimate of drug-likeness (QED) is 0.726. The van der Waals surface area contributed by atoms with Crippen LogP contribution in [0.15, 0.2) is 53.1 Å². The highest BCUT2D eigenvalue weighted by Crippen LogP contribution is 2.34. The molecule has 30 heavy (non-hydrogen) atoms.